The number of halogens is 1. The lowest BCUT2D eigenvalue weighted by Crippen LogP contribution is -2.30. The minimum atomic E-state index is -0.520. The van der Waals surface area contributed by atoms with Crippen molar-refractivity contribution in [3.63, 3.8) is 0 Å². The minimum Gasteiger partial charge on any atom is -0.493 e. The number of methoxy groups -OCH3 is 1. The molecule has 1 fully saturated rings. The van der Waals surface area contributed by atoms with E-state index in [1.807, 2.05) is 25.1 Å². The van der Waals surface area contributed by atoms with E-state index in [2.05, 4.69) is 11.4 Å². The van der Waals surface area contributed by atoms with Gasteiger partial charge in [-0.3, -0.25) is 4.79 Å². The number of ether oxygens (including phenoxy) is 2. The number of amides is 3. The maximum Gasteiger partial charge on any atom is 0.333 e. The van der Waals surface area contributed by atoms with E-state index < -0.39 is 11.9 Å². The van der Waals surface area contributed by atoms with Crippen molar-refractivity contribution in [3.05, 3.63) is 94.1 Å². The van der Waals surface area contributed by atoms with Crippen LogP contribution in [0.1, 0.15) is 16.7 Å². The summed E-state index contributed by atoms with van der Waals surface area (Å²) >= 11 is 5.90. The lowest BCUT2D eigenvalue weighted by molar-refractivity contribution is -0.113. The van der Waals surface area contributed by atoms with Crippen molar-refractivity contribution in [1.29, 1.82) is 0 Å². The van der Waals surface area contributed by atoms with E-state index in [-0.39, 0.29) is 5.70 Å². The van der Waals surface area contributed by atoms with Crippen LogP contribution >= 0.6 is 11.6 Å². The van der Waals surface area contributed by atoms with Crippen LogP contribution in [0.3, 0.4) is 0 Å². The zero-order valence-electron chi connectivity index (χ0n) is 17.6. The van der Waals surface area contributed by atoms with Gasteiger partial charge >= 0.3 is 6.03 Å². The first kappa shape index (κ1) is 21.5. The van der Waals surface area contributed by atoms with E-state index in [1.54, 1.807) is 55.7 Å². The van der Waals surface area contributed by atoms with Crippen LogP contribution < -0.4 is 19.7 Å². The molecule has 1 N–H and O–H groups in total. The fourth-order valence-corrected chi connectivity index (χ4v) is 3.51. The molecule has 0 radical (unpaired) electrons. The van der Waals surface area contributed by atoms with Crippen molar-refractivity contribution in [3.8, 4) is 11.5 Å². The van der Waals surface area contributed by atoms with Crippen LogP contribution in [-0.2, 0) is 11.4 Å². The van der Waals surface area contributed by atoms with Crippen molar-refractivity contribution in [2.75, 3.05) is 12.0 Å². The highest BCUT2D eigenvalue weighted by Gasteiger charge is 2.34. The van der Waals surface area contributed by atoms with E-state index >= 15 is 0 Å². The van der Waals surface area contributed by atoms with E-state index in [0.29, 0.717) is 34.4 Å². The lowest BCUT2D eigenvalue weighted by Gasteiger charge is -2.12. The zero-order chi connectivity index (χ0) is 22.7. The Morgan fingerprint density at radius 1 is 1.00 bits per heavy atom. The van der Waals surface area contributed by atoms with Crippen LogP contribution in [0.4, 0.5) is 10.5 Å². The average molecular weight is 449 g/mol. The molecule has 0 aliphatic carbocycles. The first-order chi connectivity index (χ1) is 15.4. The maximum absolute atomic E-state index is 12.8. The molecule has 7 heteroatoms. The Hall–Kier alpha value is -3.77. The quantitative estimate of drug-likeness (QED) is 0.408. The number of rotatable bonds is 6. The van der Waals surface area contributed by atoms with Gasteiger partial charge in [0.1, 0.15) is 12.3 Å². The number of anilines is 1. The Morgan fingerprint density at radius 3 is 2.50 bits per heavy atom. The Bertz CT molecular complexity index is 1200. The first-order valence-electron chi connectivity index (χ1n) is 9.93. The summed E-state index contributed by atoms with van der Waals surface area (Å²) in [5.41, 5.74) is 3.51. The highest BCUT2D eigenvalue weighted by molar-refractivity contribution is 6.31. The van der Waals surface area contributed by atoms with Crippen LogP contribution in [0.5, 0.6) is 11.5 Å². The van der Waals surface area contributed by atoms with E-state index in [9.17, 15) is 9.59 Å². The SMILES string of the molecule is COc1cc(/C=C2/NC(=O)N(c3ccc(Cl)cc3)C2=O)ccc1OCc1cccc(C)c1. The number of carbonyl (C=O) groups is 2. The smallest absolute Gasteiger partial charge is 0.333 e. The molecule has 0 atom stereocenters. The molecule has 1 aliphatic heterocycles. The molecule has 1 saturated heterocycles. The Balaban J connectivity index is 1.53. The normalized spacial score (nSPS) is 14.6. The van der Waals surface area contributed by atoms with Crippen molar-refractivity contribution < 1.29 is 19.1 Å². The summed E-state index contributed by atoms with van der Waals surface area (Å²) in [6, 6.07) is 19.4. The standard InChI is InChI=1S/C25H21ClN2O4/c1-16-4-3-5-18(12-16)15-32-22-11-6-17(14-23(22)31-2)13-21-24(29)28(25(30)27-21)20-9-7-19(26)8-10-20/h3-14H,15H2,1-2H3,(H,27,30)/b21-13+. The van der Waals surface area contributed by atoms with E-state index in [0.717, 1.165) is 16.0 Å². The topological polar surface area (TPSA) is 67.9 Å². The zero-order valence-corrected chi connectivity index (χ0v) is 18.3. The number of carbonyl (C=O) groups excluding carboxylic acids is 2. The predicted molar refractivity (Wildman–Crippen MR) is 124 cm³/mol. The van der Waals surface area contributed by atoms with Gasteiger partial charge in [0.25, 0.3) is 5.91 Å². The summed E-state index contributed by atoms with van der Waals surface area (Å²) < 4.78 is 11.4. The molecule has 0 spiro atoms. The molecule has 0 bridgehead atoms. The third-order valence-electron chi connectivity index (χ3n) is 4.94. The van der Waals surface area contributed by atoms with Crippen LogP contribution in [0.2, 0.25) is 5.02 Å². The Morgan fingerprint density at radius 2 is 1.78 bits per heavy atom. The van der Waals surface area contributed by atoms with Crippen LogP contribution in [0, 0.1) is 6.92 Å². The second-order valence-corrected chi connectivity index (χ2v) is 7.73. The van der Waals surface area contributed by atoms with Gasteiger partial charge in [-0.2, -0.15) is 0 Å². The summed E-state index contributed by atoms with van der Waals surface area (Å²) in [6.45, 7) is 2.44. The Labute approximate surface area is 191 Å². The van der Waals surface area contributed by atoms with Gasteiger partial charge in [0.2, 0.25) is 0 Å². The van der Waals surface area contributed by atoms with Gasteiger partial charge in [0.15, 0.2) is 11.5 Å². The molecular weight excluding hydrogens is 428 g/mol. The average Bonchev–Trinajstić information content (AvgIpc) is 3.06. The van der Waals surface area contributed by atoms with Crippen molar-refractivity contribution >= 4 is 35.3 Å². The summed E-state index contributed by atoms with van der Waals surface area (Å²) in [7, 11) is 1.55. The lowest BCUT2D eigenvalue weighted by atomic mass is 10.1. The molecule has 32 heavy (non-hydrogen) atoms. The third-order valence-corrected chi connectivity index (χ3v) is 5.19. The monoisotopic (exact) mass is 448 g/mol. The maximum atomic E-state index is 12.8. The van der Waals surface area contributed by atoms with Gasteiger partial charge in [-0.15, -0.1) is 0 Å². The molecule has 0 saturated carbocycles. The summed E-state index contributed by atoms with van der Waals surface area (Å²) in [5, 5.41) is 3.13. The molecule has 0 aromatic heterocycles. The molecule has 1 heterocycles. The summed E-state index contributed by atoms with van der Waals surface area (Å²) in [4.78, 5) is 26.2. The van der Waals surface area contributed by atoms with Gasteiger partial charge in [-0.1, -0.05) is 47.5 Å². The van der Waals surface area contributed by atoms with Crippen LogP contribution in [-0.4, -0.2) is 19.0 Å². The predicted octanol–water partition coefficient (Wildman–Crippen LogP) is 5.33. The van der Waals surface area contributed by atoms with Gasteiger partial charge < -0.3 is 14.8 Å². The number of nitrogens with zero attached hydrogens (tertiary/aromatic N) is 1. The Kier molecular flexibility index (Phi) is 6.14. The molecule has 162 valence electrons. The van der Waals surface area contributed by atoms with Gasteiger partial charge in [0.05, 0.1) is 12.8 Å². The highest BCUT2D eigenvalue weighted by Crippen LogP contribution is 2.30. The van der Waals surface area contributed by atoms with E-state index in [4.69, 9.17) is 21.1 Å². The second-order valence-electron chi connectivity index (χ2n) is 7.29. The molecule has 1 aliphatic rings. The fraction of sp³-hybridized carbons (Fsp3) is 0.120. The number of hydrogen-bond donors (Lipinski definition) is 1. The number of benzene rings is 3. The van der Waals surface area contributed by atoms with Crippen LogP contribution in [0.25, 0.3) is 6.08 Å². The number of aryl methyl sites for hydroxylation is 1. The first-order valence-corrected chi connectivity index (χ1v) is 10.3. The fourth-order valence-electron chi connectivity index (χ4n) is 3.38. The van der Waals surface area contributed by atoms with Crippen molar-refractivity contribution in [2.24, 2.45) is 0 Å². The van der Waals surface area contributed by atoms with Crippen LogP contribution in [0.15, 0.2) is 72.4 Å². The summed E-state index contributed by atoms with van der Waals surface area (Å²) in [6.07, 6.45) is 1.60. The van der Waals surface area contributed by atoms with Gasteiger partial charge in [-0.05, 0) is 60.5 Å². The van der Waals surface area contributed by atoms with Gasteiger partial charge in [0, 0.05) is 5.02 Å². The number of nitrogens with one attached hydrogen (secondary N) is 1. The molecule has 4 rings (SSSR count). The minimum absolute atomic E-state index is 0.167. The van der Waals surface area contributed by atoms with Gasteiger partial charge in [-0.25, -0.2) is 9.69 Å². The molecule has 0 unspecified atom stereocenters. The molecular formula is C25H21ClN2O4. The molecule has 6 nitrogen and oxygen atoms in total. The molecule has 3 aromatic carbocycles. The van der Waals surface area contributed by atoms with E-state index in [1.165, 1.54) is 0 Å². The molecule has 3 amide bonds. The largest absolute Gasteiger partial charge is 0.493 e. The molecule has 3 aromatic rings. The summed E-state index contributed by atoms with van der Waals surface area (Å²) in [5.74, 6) is 0.662. The highest BCUT2D eigenvalue weighted by atomic mass is 35.5. The number of imide groups is 1. The van der Waals surface area contributed by atoms with Crippen molar-refractivity contribution in [2.45, 2.75) is 13.5 Å². The second kappa shape index (κ2) is 9.16. The van der Waals surface area contributed by atoms with Crippen molar-refractivity contribution in [1.82, 2.24) is 5.32 Å². The number of urea groups is 1. The number of hydrogen-bond acceptors (Lipinski definition) is 4. The third kappa shape index (κ3) is 4.60.